The van der Waals surface area contributed by atoms with Gasteiger partial charge < -0.3 is 5.73 Å². The van der Waals surface area contributed by atoms with Crippen molar-refractivity contribution < 1.29 is 14.4 Å². The van der Waals surface area contributed by atoms with Crippen molar-refractivity contribution in [2.45, 2.75) is 6.92 Å². The number of nitrogens with two attached hydrogens (primary N) is 1. The number of hydrogen-bond acceptors (Lipinski definition) is 4. The van der Waals surface area contributed by atoms with Gasteiger partial charge in [0.05, 0.1) is 5.71 Å². The number of carbonyl (C=O) groups excluding carboxylic acids is 2. The van der Waals surface area contributed by atoms with Crippen LogP contribution in [-0.2, 0) is 4.84 Å². The lowest BCUT2D eigenvalue weighted by molar-refractivity contribution is 0.1000. The molecule has 2 amide bonds. The number of primary amides is 1. The van der Waals surface area contributed by atoms with Crippen molar-refractivity contribution in [3.8, 4) is 11.1 Å². The minimum atomic E-state index is -0.670. The molecule has 0 aliphatic heterocycles. The Kier molecular flexibility index (Phi) is 5.81. The summed E-state index contributed by atoms with van der Waals surface area (Å²) in [5.41, 5.74) is 9.48. The smallest absolute Gasteiger partial charge is 0.366 e. The van der Waals surface area contributed by atoms with E-state index in [2.05, 4.69) is 10.5 Å². The number of nitrogens with zero attached hydrogens (tertiary/aromatic N) is 1. The van der Waals surface area contributed by atoms with Crippen LogP contribution in [0.2, 0.25) is 0 Å². The number of nitrogens with one attached hydrogen (secondary N) is 1. The molecule has 6 heteroatoms. The van der Waals surface area contributed by atoms with Gasteiger partial charge in [-0.05, 0) is 53.9 Å². The van der Waals surface area contributed by atoms with E-state index < -0.39 is 12.0 Å². The van der Waals surface area contributed by atoms with E-state index >= 15 is 0 Å². The third-order valence-electron chi connectivity index (χ3n) is 4.05. The number of amides is 2. The highest BCUT2D eigenvalue weighted by atomic mass is 16.7. The molecule has 0 saturated carbocycles. The lowest BCUT2D eigenvalue weighted by atomic mass is 10.00. The van der Waals surface area contributed by atoms with Crippen LogP contribution in [0, 0.1) is 0 Å². The summed E-state index contributed by atoms with van der Waals surface area (Å²) in [6.07, 6.45) is -0.670. The van der Waals surface area contributed by atoms with Gasteiger partial charge in [-0.1, -0.05) is 53.7 Å². The second kappa shape index (κ2) is 8.64. The average Bonchev–Trinajstić information content (AvgIpc) is 2.73. The lowest BCUT2D eigenvalue weighted by Gasteiger charge is -2.07. The molecule has 140 valence electrons. The quantitative estimate of drug-likeness (QED) is 0.394. The molecule has 3 aromatic carbocycles. The van der Waals surface area contributed by atoms with Crippen molar-refractivity contribution in [1.82, 2.24) is 0 Å². The van der Waals surface area contributed by atoms with Crippen LogP contribution < -0.4 is 11.1 Å². The fourth-order valence-electron chi connectivity index (χ4n) is 2.60. The Balaban J connectivity index is 1.74. The minimum Gasteiger partial charge on any atom is -0.366 e. The Morgan fingerprint density at radius 2 is 1.46 bits per heavy atom. The Labute approximate surface area is 162 Å². The Bertz CT molecular complexity index is 1030. The molecule has 0 spiro atoms. The van der Waals surface area contributed by atoms with E-state index in [0.717, 1.165) is 16.7 Å². The molecule has 3 N–H and O–H groups in total. The molecular formula is C22H19N3O3. The molecule has 0 heterocycles. The van der Waals surface area contributed by atoms with Crippen LogP contribution in [0.1, 0.15) is 22.8 Å². The largest absolute Gasteiger partial charge is 0.437 e. The topological polar surface area (TPSA) is 93.8 Å². The van der Waals surface area contributed by atoms with E-state index in [1.165, 1.54) is 0 Å². The molecule has 0 saturated heterocycles. The van der Waals surface area contributed by atoms with E-state index in [4.69, 9.17) is 10.6 Å². The molecule has 0 aliphatic carbocycles. The van der Waals surface area contributed by atoms with Crippen LogP contribution in [0.3, 0.4) is 0 Å². The first kappa shape index (κ1) is 18.8. The first-order chi connectivity index (χ1) is 13.5. The van der Waals surface area contributed by atoms with Crippen LogP contribution in [0.4, 0.5) is 10.5 Å². The normalized spacial score (nSPS) is 11.0. The van der Waals surface area contributed by atoms with Crippen molar-refractivity contribution in [3.05, 3.63) is 90.0 Å². The lowest BCUT2D eigenvalue weighted by Crippen LogP contribution is -2.11. The van der Waals surface area contributed by atoms with Crippen molar-refractivity contribution in [2.24, 2.45) is 10.9 Å². The summed E-state index contributed by atoms with van der Waals surface area (Å²) in [5, 5.41) is 6.49. The summed E-state index contributed by atoms with van der Waals surface area (Å²) in [5.74, 6) is -0.478. The third kappa shape index (κ3) is 4.82. The van der Waals surface area contributed by atoms with Crippen LogP contribution in [-0.4, -0.2) is 17.7 Å². The van der Waals surface area contributed by atoms with Gasteiger partial charge in [0.15, 0.2) is 0 Å². The van der Waals surface area contributed by atoms with Crippen molar-refractivity contribution in [1.29, 1.82) is 0 Å². The van der Waals surface area contributed by atoms with Gasteiger partial charge in [0, 0.05) is 11.3 Å². The molecular weight excluding hydrogens is 354 g/mol. The summed E-state index contributed by atoms with van der Waals surface area (Å²) >= 11 is 0. The highest BCUT2D eigenvalue weighted by Crippen LogP contribution is 2.22. The first-order valence-corrected chi connectivity index (χ1v) is 8.61. The average molecular weight is 373 g/mol. The number of benzene rings is 3. The summed E-state index contributed by atoms with van der Waals surface area (Å²) in [7, 11) is 0. The molecule has 0 aliphatic rings. The van der Waals surface area contributed by atoms with Gasteiger partial charge in [0.2, 0.25) is 5.91 Å². The first-order valence-electron chi connectivity index (χ1n) is 8.61. The minimum absolute atomic E-state index is 0.439. The van der Waals surface area contributed by atoms with Gasteiger partial charge in [0.1, 0.15) is 0 Å². The zero-order valence-corrected chi connectivity index (χ0v) is 15.3. The predicted molar refractivity (Wildman–Crippen MR) is 109 cm³/mol. The Morgan fingerprint density at radius 3 is 2.11 bits per heavy atom. The van der Waals surface area contributed by atoms with E-state index in [1.54, 1.807) is 37.3 Å². The second-order valence-electron chi connectivity index (χ2n) is 6.07. The van der Waals surface area contributed by atoms with Gasteiger partial charge in [-0.15, -0.1) is 0 Å². The van der Waals surface area contributed by atoms with Crippen molar-refractivity contribution in [3.63, 3.8) is 0 Å². The fraction of sp³-hybridized carbons (Fsp3) is 0.0455. The van der Waals surface area contributed by atoms with Crippen LogP contribution in [0.5, 0.6) is 0 Å². The maximum absolute atomic E-state index is 11.9. The molecule has 0 bridgehead atoms. The highest BCUT2D eigenvalue weighted by Gasteiger charge is 2.07. The van der Waals surface area contributed by atoms with E-state index in [1.807, 2.05) is 48.5 Å². The van der Waals surface area contributed by atoms with Crippen LogP contribution >= 0.6 is 0 Å². The standard InChI is InChI=1S/C22H19N3O3/c1-15(25-28-22(27)24-20-11-3-2-4-12-20)16-7-5-8-17(13-16)18-9-6-10-19(14-18)21(23)26/h2-14H,1H3,(H2,23,26)(H,24,27)/b25-15-. The van der Waals surface area contributed by atoms with Gasteiger partial charge in [0.25, 0.3) is 0 Å². The summed E-state index contributed by atoms with van der Waals surface area (Å²) in [4.78, 5) is 28.2. The number of anilines is 1. The van der Waals surface area contributed by atoms with E-state index in [9.17, 15) is 9.59 Å². The fourth-order valence-corrected chi connectivity index (χ4v) is 2.60. The summed E-state index contributed by atoms with van der Waals surface area (Å²) in [6, 6.07) is 23.6. The molecule has 0 unspecified atom stereocenters. The highest BCUT2D eigenvalue weighted by molar-refractivity contribution is 6.00. The number of rotatable bonds is 5. The summed E-state index contributed by atoms with van der Waals surface area (Å²) in [6.45, 7) is 1.74. The van der Waals surface area contributed by atoms with E-state index in [-0.39, 0.29) is 0 Å². The molecule has 3 rings (SSSR count). The molecule has 28 heavy (non-hydrogen) atoms. The molecule has 0 fully saturated rings. The van der Waals surface area contributed by atoms with Gasteiger partial charge in [-0.2, -0.15) is 0 Å². The molecule has 6 nitrogen and oxygen atoms in total. The monoisotopic (exact) mass is 373 g/mol. The van der Waals surface area contributed by atoms with Gasteiger partial charge >= 0.3 is 6.09 Å². The molecule has 0 atom stereocenters. The summed E-state index contributed by atoms with van der Waals surface area (Å²) < 4.78 is 0. The Morgan fingerprint density at radius 1 is 0.857 bits per heavy atom. The maximum atomic E-state index is 11.9. The molecule has 0 radical (unpaired) electrons. The van der Waals surface area contributed by atoms with Gasteiger partial charge in [-0.3, -0.25) is 14.9 Å². The number of carbonyl (C=O) groups is 2. The van der Waals surface area contributed by atoms with E-state index in [0.29, 0.717) is 17.0 Å². The predicted octanol–water partition coefficient (Wildman–Crippen LogP) is 4.43. The zero-order chi connectivity index (χ0) is 19.9. The van der Waals surface area contributed by atoms with Crippen molar-refractivity contribution >= 4 is 23.4 Å². The molecule has 3 aromatic rings. The number of oxime groups is 1. The number of hydrogen-bond donors (Lipinski definition) is 2. The van der Waals surface area contributed by atoms with Gasteiger partial charge in [-0.25, -0.2) is 4.79 Å². The molecule has 0 aromatic heterocycles. The van der Waals surface area contributed by atoms with Crippen molar-refractivity contribution in [2.75, 3.05) is 5.32 Å². The Hall–Kier alpha value is -3.93. The maximum Gasteiger partial charge on any atom is 0.437 e. The van der Waals surface area contributed by atoms with Crippen LogP contribution in [0.15, 0.2) is 84.0 Å². The third-order valence-corrected chi connectivity index (χ3v) is 4.05. The number of para-hydroxylation sites is 1. The SMILES string of the molecule is C/C(=N/OC(=O)Nc1ccccc1)c1cccc(-c2cccc(C(N)=O)c2)c1. The second-order valence-corrected chi connectivity index (χ2v) is 6.07. The van der Waals surface area contributed by atoms with Crippen LogP contribution in [0.25, 0.3) is 11.1 Å². The zero-order valence-electron chi connectivity index (χ0n) is 15.3.